The monoisotopic (exact) mass is 460 g/mol. The molecule has 0 spiro atoms. The SMILES string of the molecule is Cc1nc(N2CCCCC2)ncc1-c1scc(NC(=O)c2cnn(C)c2Cl)c1C(=O)O. The Morgan fingerprint density at radius 2 is 1.97 bits per heavy atom. The van der Waals surface area contributed by atoms with Crippen LogP contribution in [0.3, 0.4) is 0 Å². The average molecular weight is 461 g/mol. The predicted molar refractivity (Wildman–Crippen MR) is 119 cm³/mol. The number of nitrogens with zero attached hydrogens (tertiary/aromatic N) is 5. The lowest BCUT2D eigenvalue weighted by molar-refractivity contribution is 0.0699. The first-order valence-corrected chi connectivity index (χ1v) is 11.0. The van der Waals surface area contributed by atoms with Gasteiger partial charge in [-0.25, -0.2) is 14.8 Å². The number of halogens is 1. The van der Waals surface area contributed by atoms with Crippen LogP contribution in [0, 0.1) is 6.92 Å². The van der Waals surface area contributed by atoms with Crippen molar-refractivity contribution in [3.63, 3.8) is 0 Å². The number of hydrogen-bond acceptors (Lipinski definition) is 7. The summed E-state index contributed by atoms with van der Waals surface area (Å²) in [5, 5.41) is 18.2. The quantitative estimate of drug-likeness (QED) is 0.594. The van der Waals surface area contributed by atoms with Crippen LogP contribution < -0.4 is 10.2 Å². The minimum atomic E-state index is -1.15. The predicted octanol–water partition coefficient (Wildman–Crippen LogP) is 3.84. The van der Waals surface area contributed by atoms with Crippen LogP contribution >= 0.6 is 22.9 Å². The number of piperidine rings is 1. The third-order valence-electron chi connectivity index (χ3n) is 5.21. The Morgan fingerprint density at radius 3 is 2.58 bits per heavy atom. The molecule has 1 amide bonds. The molecule has 9 nitrogen and oxygen atoms in total. The van der Waals surface area contributed by atoms with Crippen molar-refractivity contribution < 1.29 is 14.7 Å². The summed E-state index contributed by atoms with van der Waals surface area (Å²) < 4.78 is 1.36. The number of carbonyl (C=O) groups is 2. The van der Waals surface area contributed by atoms with Gasteiger partial charge in [0.25, 0.3) is 5.91 Å². The Balaban J connectivity index is 1.65. The highest BCUT2D eigenvalue weighted by Crippen LogP contribution is 2.38. The van der Waals surface area contributed by atoms with Gasteiger partial charge in [0, 0.05) is 37.3 Å². The van der Waals surface area contributed by atoms with Crippen LogP contribution in [-0.2, 0) is 7.05 Å². The Morgan fingerprint density at radius 1 is 1.23 bits per heavy atom. The van der Waals surface area contributed by atoms with Crippen LogP contribution in [-0.4, -0.2) is 49.8 Å². The molecule has 1 fully saturated rings. The number of rotatable bonds is 5. The Kier molecular flexibility index (Phi) is 5.92. The first kappa shape index (κ1) is 21.3. The van der Waals surface area contributed by atoms with Gasteiger partial charge < -0.3 is 15.3 Å². The standard InChI is InChI=1S/C20H21ClN6O3S/c1-11-12(8-22-20(24-11)27-6-4-3-5-7-27)16-15(19(29)30)14(10-31-16)25-18(28)13-9-23-26(2)17(13)21/h8-10H,3-7H2,1-2H3,(H,25,28)(H,29,30). The highest BCUT2D eigenvalue weighted by molar-refractivity contribution is 7.14. The van der Waals surface area contributed by atoms with E-state index in [-0.39, 0.29) is 22.0 Å². The number of thiophene rings is 1. The largest absolute Gasteiger partial charge is 0.478 e. The normalized spacial score (nSPS) is 14.0. The van der Waals surface area contributed by atoms with Crippen LogP contribution in [0.5, 0.6) is 0 Å². The van der Waals surface area contributed by atoms with Crippen molar-refractivity contribution in [3.05, 3.63) is 39.7 Å². The zero-order valence-electron chi connectivity index (χ0n) is 17.1. The van der Waals surface area contributed by atoms with Crippen molar-refractivity contribution in [1.29, 1.82) is 0 Å². The van der Waals surface area contributed by atoms with Gasteiger partial charge in [-0.05, 0) is 26.2 Å². The van der Waals surface area contributed by atoms with E-state index in [0.29, 0.717) is 22.1 Å². The molecule has 0 atom stereocenters. The van der Waals surface area contributed by atoms with Crippen LogP contribution in [0.15, 0.2) is 17.8 Å². The van der Waals surface area contributed by atoms with Crippen molar-refractivity contribution in [2.75, 3.05) is 23.3 Å². The minimum absolute atomic E-state index is 0.00390. The fourth-order valence-electron chi connectivity index (χ4n) is 3.55. The smallest absolute Gasteiger partial charge is 0.339 e. The number of aromatic carboxylic acids is 1. The molecule has 1 aliphatic heterocycles. The van der Waals surface area contributed by atoms with E-state index >= 15 is 0 Å². The first-order valence-electron chi connectivity index (χ1n) is 9.79. The molecule has 0 bridgehead atoms. The van der Waals surface area contributed by atoms with Crippen LogP contribution in [0.2, 0.25) is 5.15 Å². The van der Waals surface area contributed by atoms with Gasteiger partial charge in [0.15, 0.2) is 0 Å². The van der Waals surface area contributed by atoms with Crippen molar-refractivity contribution in [1.82, 2.24) is 19.7 Å². The molecule has 1 aliphatic rings. The molecule has 0 aliphatic carbocycles. The lowest BCUT2D eigenvalue weighted by atomic mass is 10.1. The van der Waals surface area contributed by atoms with Gasteiger partial charge in [-0.2, -0.15) is 5.10 Å². The summed E-state index contributed by atoms with van der Waals surface area (Å²) in [7, 11) is 1.61. The molecule has 2 N–H and O–H groups in total. The number of amides is 1. The zero-order valence-corrected chi connectivity index (χ0v) is 18.6. The second-order valence-electron chi connectivity index (χ2n) is 7.30. The van der Waals surface area contributed by atoms with E-state index in [1.165, 1.54) is 28.6 Å². The van der Waals surface area contributed by atoms with E-state index < -0.39 is 11.9 Å². The number of hydrogen-bond donors (Lipinski definition) is 2. The number of carboxylic acids is 1. The van der Waals surface area contributed by atoms with E-state index in [0.717, 1.165) is 25.9 Å². The van der Waals surface area contributed by atoms with Crippen molar-refractivity contribution in [3.8, 4) is 10.4 Å². The highest BCUT2D eigenvalue weighted by Gasteiger charge is 2.25. The fraction of sp³-hybridized carbons (Fsp3) is 0.350. The van der Waals surface area contributed by atoms with Gasteiger partial charge in [0.2, 0.25) is 5.95 Å². The minimum Gasteiger partial charge on any atom is -0.478 e. The lowest BCUT2D eigenvalue weighted by Gasteiger charge is -2.26. The number of aryl methyl sites for hydroxylation is 2. The summed E-state index contributed by atoms with van der Waals surface area (Å²) in [4.78, 5) is 36.4. The molecular formula is C20H21ClN6O3S. The van der Waals surface area contributed by atoms with Gasteiger partial charge in [-0.3, -0.25) is 9.48 Å². The van der Waals surface area contributed by atoms with Crippen molar-refractivity contribution >= 4 is 46.4 Å². The Bertz CT molecular complexity index is 1150. The van der Waals surface area contributed by atoms with Gasteiger partial charge in [0.1, 0.15) is 10.7 Å². The van der Waals surface area contributed by atoms with Crippen molar-refractivity contribution in [2.45, 2.75) is 26.2 Å². The van der Waals surface area contributed by atoms with Crippen LogP contribution in [0.1, 0.15) is 45.7 Å². The van der Waals surface area contributed by atoms with Gasteiger partial charge in [-0.15, -0.1) is 11.3 Å². The maximum absolute atomic E-state index is 12.6. The fourth-order valence-corrected chi connectivity index (χ4v) is 4.78. The maximum Gasteiger partial charge on any atom is 0.339 e. The van der Waals surface area contributed by atoms with Gasteiger partial charge >= 0.3 is 5.97 Å². The summed E-state index contributed by atoms with van der Waals surface area (Å²) in [6, 6.07) is 0. The molecule has 1 saturated heterocycles. The molecule has 3 aromatic rings. The molecule has 0 radical (unpaired) electrons. The lowest BCUT2D eigenvalue weighted by Crippen LogP contribution is -2.31. The van der Waals surface area contributed by atoms with E-state index in [4.69, 9.17) is 11.6 Å². The van der Waals surface area contributed by atoms with E-state index in [9.17, 15) is 14.7 Å². The number of carboxylic acid groups (broad SMARTS) is 1. The summed E-state index contributed by atoms with van der Waals surface area (Å²) in [5.74, 6) is -1.02. The van der Waals surface area contributed by atoms with E-state index in [2.05, 4.69) is 25.3 Å². The topological polar surface area (TPSA) is 113 Å². The molecule has 0 unspecified atom stereocenters. The number of nitrogens with one attached hydrogen (secondary N) is 1. The molecule has 162 valence electrons. The molecule has 31 heavy (non-hydrogen) atoms. The maximum atomic E-state index is 12.6. The molecule has 4 rings (SSSR count). The van der Waals surface area contributed by atoms with Gasteiger partial charge in [0.05, 0.1) is 28.0 Å². The molecular weight excluding hydrogens is 440 g/mol. The van der Waals surface area contributed by atoms with Crippen LogP contribution in [0.4, 0.5) is 11.6 Å². The third-order valence-corrected chi connectivity index (χ3v) is 6.68. The second kappa shape index (κ2) is 8.64. The number of anilines is 2. The molecule has 0 saturated carbocycles. The van der Waals surface area contributed by atoms with Gasteiger partial charge in [-0.1, -0.05) is 11.6 Å². The van der Waals surface area contributed by atoms with Crippen LogP contribution in [0.25, 0.3) is 10.4 Å². The molecule has 11 heteroatoms. The summed E-state index contributed by atoms with van der Waals surface area (Å²) in [6.45, 7) is 3.68. The Labute approximate surface area is 187 Å². The summed E-state index contributed by atoms with van der Waals surface area (Å²) in [5.41, 5.74) is 1.67. The second-order valence-corrected chi connectivity index (χ2v) is 8.54. The average Bonchev–Trinajstić information content (AvgIpc) is 3.32. The highest BCUT2D eigenvalue weighted by atomic mass is 35.5. The third kappa shape index (κ3) is 4.13. The zero-order chi connectivity index (χ0) is 22.1. The number of carbonyl (C=O) groups excluding carboxylic acids is 1. The summed E-state index contributed by atoms with van der Waals surface area (Å²) >= 11 is 7.30. The molecule has 4 heterocycles. The summed E-state index contributed by atoms with van der Waals surface area (Å²) in [6.07, 6.45) is 6.44. The number of aromatic nitrogens is 4. The van der Waals surface area contributed by atoms with Crippen molar-refractivity contribution in [2.24, 2.45) is 7.05 Å². The molecule has 0 aromatic carbocycles. The molecule has 3 aromatic heterocycles. The van der Waals surface area contributed by atoms with E-state index in [1.807, 2.05) is 6.92 Å². The first-order chi connectivity index (χ1) is 14.9. The Hall–Kier alpha value is -2.98. The van der Waals surface area contributed by atoms with E-state index in [1.54, 1.807) is 18.6 Å².